The van der Waals surface area contributed by atoms with Crippen LogP contribution in [0.3, 0.4) is 0 Å². The zero-order valence-corrected chi connectivity index (χ0v) is 35.7. The Labute approximate surface area is 353 Å². The summed E-state index contributed by atoms with van der Waals surface area (Å²) in [6.45, 7) is 16.5. The molecule has 58 heavy (non-hydrogen) atoms. The molecule has 1 aromatic heterocycles. The van der Waals surface area contributed by atoms with Gasteiger partial charge in [0.15, 0.2) is 0 Å². The second-order valence-corrected chi connectivity index (χ2v) is 20.6. The molecule has 2 aliphatic heterocycles. The van der Waals surface area contributed by atoms with E-state index in [4.69, 9.17) is 20.1 Å². The van der Waals surface area contributed by atoms with Crippen molar-refractivity contribution in [1.29, 1.82) is 0 Å². The Kier molecular flexibility index (Phi) is 6.73. The predicted molar refractivity (Wildman–Crippen MR) is 248 cm³/mol. The molecule has 11 rings (SSSR count). The summed E-state index contributed by atoms with van der Waals surface area (Å²) in [5, 5.41) is 2.60. The summed E-state index contributed by atoms with van der Waals surface area (Å²) in [4.78, 5) is 4.69. The number of para-hydroxylation sites is 1. The summed E-state index contributed by atoms with van der Waals surface area (Å²) in [6, 6.07) is 36.6. The lowest BCUT2D eigenvalue weighted by atomic mass is 9.33. The van der Waals surface area contributed by atoms with Crippen LogP contribution in [0.2, 0.25) is 5.02 Å². The Balaban J connectivity index is 1.29. The Morgan fingerprint density at radius 2 is 1.17 bits per heavy atom. The van der Waals surface area contributed by atoms with E-state index in [9.17, 15) is 0 Å². The van der Waals surface area contributed by atoms with Crippen LogP contribution in [0.15, 0.2) is 108 Å². The SMILES string of the molecule is [2H]C([2H])([2H])c1cc2c3c(c1)N(c1cccc4oc5ccccc5c14)c1cc(Cl)ccc1B3c1cc3c(cc1N2c1ccc2c(c1)C(C)(C)CCC2(C)C)C(C)(C)CCC3(C)C. The normalized spacial score (nSPS) is 20.0. The van der Waals surface area contributed by atoms with E-state index in [2.05, 4.69) is 120 Å². The molecular weight excluding hydrogens is 727 g/mol. The van der Waals surface area contributed by atoms with Gasteiger partial charge in [0.25, 0.3) is 6.71 Å². The molecule has 0 unspecified atom stereocenters. The third kappa shape index (κ3) is 5.00. The van der Waals surface area contributed by atoms with Gasteiger partial charge in [0.2, 0.25) is 0 Å². The van der Waals surface area contributed by atoms with Gasteiger partial charge < -0.3 is 14.2 Å². The van der Waals surface area contributed by atoms with Crippen LogP contribution >= 0.6 is 11.6 Å². The third-order valence-corrected chi connectivity index (χ3v) is 15.0. The number of hydrogen-bond acceptors (Lipinski definition) is 3. The standard InChI is InChI=1S/C53H52BClN2O/c1-31-25-44-49-45(26-31)57(41-14-12-16-47-48(41)34-13-10-11-15-46(34)58-47)42-27-32(55)17-20-39(42)54(49)40-29-37-38(53(8,9)24-23-52(37,6)7)30-43(40)56(44)33-18-19-35-36(28-33)51(4,5)22-21-50(35,2)3/h10-20,25-30H,21-24H2,1-9H3/i1D3. The highest BCUT2D eigenvalue weighted by Crippen LogP contribution is 2.53. The number of fused-ring (bicyclic) bond motifs is 9. The lowest BCUT2D eigenvalue weighted by Crippen LogP contribution is -2.61. The molecule has 3 nitrogen and oxygen atoms in total. The zero-order chi connectivity index (χ0) is 42.8. The van der Waals surface area contributed by atoms with Crippen LogP contribution in [0.1, 0.15) is 113 Å². The summed E-state index contributed by atoms with van der Waals surface area (Å²) in [7, 11) is 0. The molecule has 0 spiro atoms. The van der Waals surface area contributed by atoms with Crippen molar-refractivity contribution in [3.8, 4) is 0 Å². The van der Waals surface area contributed by atoms with Crippen molar-refractivity contribution in [3.05, 3.63) is 136 Å². The van der Waals surface area contributed by atoms with Gasteiger partial charge in [0, 0.05) is 43.0 Å². The smallest absolute Gasteiger partial charge is 0.252 e. The van der Waals surface area contributed by atoms with Crippen molar-refractivity contribution in [2.75, 3.05) is 9.80 Å². The monoisotopic (exact) mass is 781 g/mol. The first kappa shape index (κ1) is 33.0. The molecule has 3 heterocycles. The Morgan fingerprint density at radius 3 is 1.90 bits per heavy atom. The Hall–Kier alpha value is -4.93. The molecule has 0 saturated carbocycles. The number of hydrogen-bond donors (Lipinski definition) is 0. The van der Waals surface area contributed by atoms with Crippen molar-refractivity contribution < 1.29 is 8.53 Å². The first-order valence-corrected chi connectivity index (χ1v) is 21.5. The second-order valence-electron chi connectivity index (χ2n) is 20.2. The van der Waals surface area contributed by atoms with Gasteiger partial charge in [-0.2, -0.15) is 0 Å². The van der Waals surface area contributed by atoms with E-state index in [1.165, 1.54) is 27.7 Å². The van der Waals surface area contributed by atoms with E-state index >= 15 is 0 Å². The van der Waals surface area contributed by atoms with E-state index in [0.29, 0.717) is 10.6 Å². The fourth-order valence-corrected chi connectivity index (χ4v) is 11.4. The van der Waals surface area contributed by atoms with Crippen molar-refractivity contribution in [2.45, 2.75) is 110 Å². The highest BCUT2D eigenvalue weighted by atomic mass is 35.5. The maximum Gasteiger partial charge on any atom is 0.252 e. The average Bonchev–Trinajstić information content (AvgIpc) is 3.59. The second kappa shape index (κ2) is 11.8. The molecule has 0 fully saturated rings. The maximum absolute atomic E-state index is 9.01. The number of aryl methyl sites for hydroxylation is 1. The van der Waals surface area contributed by atoms with Gasteiger partial charge >= 0.3 is 0 Å². The van der Waals surface area contributed by atoms with Gasteiger partial charge in [-0.15, -0.1) is 0 Å². The molecule has 290 valence electrons. The van der Waals surface area contributed by atoms with Crippen LogP contribution < -0.4 is 26.2 Å². The van der Waals surface area contributed by atoms with Gasteiger partial charge in [0.1, 0.15) is 11.2 Å². The molecule has 7 aromatic rings. The molecular formula is C53H52BClN2O. The Morgan fingerprint density at radius 1 is 0.552 bits per heavy atom. The van der Waals surface area contributed by atoms with Crippen molar-refractivity contribution in [1.82, 2.24) is 0 Å². The highest BCUT2D eigenvalue weighted by molar-refractivity contribution is 7.00. The van der Waals surface area contributed by atoms with Gasteiger partial charge in [-0.1, -0.05) is 109 Å². The van der Waals surface area contributed by atoms with E-state index in [-0.39, 0.29) is 28.4 Å². The molecule has 0 amide bonds. The molecule has 6 aromatic carbocycles. The summed E-state index contributed by atoms with van der Waals surface area (Å²) in [5.74, 6) is 0. The molecule has 5 heteroatoms. The van der Waals surface area contributed by atoms with Crippen LogP contribution in [0.5, 0.6) is 0 Å². The van der Waals surface area contributed by atoms with Gasteiger partial charge in [-0.3, -0.25) is 0 Å². The van der Waals surface area contributed by atoms with E-state index in [1.807, 2.05) is 48.5 Å². The van der Waals surface area contributed by atoms with Gasteiger partial charge in [0.05, 0.1) is 11.1 Å². The molecule has 0 bridgehead atoms. The molecule has 0 radical (unpaired) electrons. The van der Waals surface area contributed by atoms with Gasteiger partial charge in [-0.05, 0) is 159 Å². The molecule has 4 aliphatic rings. The highest BCUT2D eigenvalue weighted by Gasteiger charge is 2.47. The van der Waals surface area contributed by atoms with Crippen LogP contribution in [-0.4, -0.2) is 6.71 Å². The number of halogens is 1. The quantitative estimate of drug-likeness (QED) is 0.163. The van der Waals surface area contributed by atoms with Crippen LogP contribution in [0, 0.1) is 6.85 Å². The fraction of sp³-hybridized carbons (Fsp3) is 0.321. The molecule has 0 N–H and O–H groups in total. The van der Waals surface area contributed by atoms with E-state index < -0.39 is 6.85 Å². The number of furan rings is 1. The summed E-state index contributed by atoms with van der Waals surface area (Å²) < 4.78 is 33.5. The number of rotatable bonds is 2. The lowest BCUT2D eigenvalue weighted by Gasteiger charge is -2.48. The first-order chi connectivity index (χ1) is 28.7. The average molecular weight is 782 g/mol. The van der Waals surface area contributed by atoms with E-state index in [1.54, 1.807) is 0 Å². The number of benzene rings is 6. The van der Waals surface area contributed by atoms with Gasteiger partial charge in [-0.25, -0.2) is 0 Å². The predicted octanol–water partition coefficient (Wildman–Crippen LogP) is 13.3. The number of nitrogens with zero attached hydrogens (tertiary/aromatic N) is 2. The minimum absolute atomic E-state index is 0.0229. The summed E-state index contributed by atoms with van der Waals surface area (Å²) in [5.41, 5.74) is 16.6. The molecule has 2 aliphatic carbocycles. The summed E-state index contributed by atoms with van der Waals surface area (Å²) in [6.07, 6.45) is 4.41. The molecule has 0 saturated heterocycles. The van der Waals surface area contributed by atoms with Crippen LogP contribution in [0.4, 0.5) is 34.1 Å². The summed E-state index contributed by atoms with van der Waals surface area (Å²) >= 11 is 7.01. The van der Waals surface area contributed by atoms with Crippen LogP contribution in [-0.2, 0) is 21.7 Å². The topological polar surface area (TPSA) is 19.6 Å². The largest absolute Gasteiger partial charge is 0.456 e. The zero-order valence-electron chi connectivity index (χ0n) is 37.9. The minimum Gasteiger partial charge on any atom is -0.456 e. The first-order valence-electron chi connectivity index (χ1n) is 22.6. The van der Waals surface area contributed by atoms with Crippen molar-refractivity contribution in [3.63, 3.8) is 0 Å². The van der Waals surface area contributed by atoms with E-state index in [0.717, 1.165) is 92.7 Å². The molecule has 0 atom stereocenters. The van der Waals surface area contributed by atoms with Crippen molar-refractivity contribution >= 4 is 90.8 Å². The van der Waals surface area contributed by atoms with Crippen LogP contribution in [0.25, 0.3) is 21.9 Å². The lowest BCUT2D eigenvalue weighted by molar-refractivity contribution is 0.332. The third-order valence-electron chi connectivity index (χ3n) is 14.7. The maximum atomic E-state index is 9.01. The minimum atomic E-state index is -2.38. The van der Waals surface area contributed by atoms with Crippen molar-refractivity contribution in [2.24, 2.45) is 0 Å². The number of anilines is 6. The fourth-order valence-electron chi connectivity index (χ4n) is 11.2. The Bertz CT molecular complexity index is 3030.